The van der Waals surface area contributed by atoms with Gasteiger partial charge in [0.15, 0.2) is 5.96 Å². The smallest absolute Gasteiger partial charge is 0.191 e. The van der Waals surface area contributed by atoms with E-state index in [2.05, 4.69) is 34.2 Å². The summed E-state index contributed by atoms with van der Waals surface area (Å²) in [4.78, 5) is 10.6. The SMILES string of the molecule is C[C@@H]1CN([C@H](CN=C(N)N2CCOCC2)c2cccs2)CCO1. The minimum Gasteiger partial charge on any atom is -0.378 e. The predicted molar refractivity (Wildman–Crippen MR) is 92.9 cm³/mol. The fourth-order valence-corrected chi connectivity index (χ4v) is 3.92. The summed E-state index contributed by atoms with van der Waals surface area (Å²) in [7, 11) is 0. The maximum absolute atomic E-state index is 6.19. The summed E-state index contributed by atoms with van der Waals surface area (Å²) in [6.07, 6.45) is 0.270. The van der Waals surface area contributed by atoms with E-state index in [1.165, 1.54) is 4.88 Å². The molecule has 0 saturated carbocycles. The van der Waals surface area contributed by atoms with Gasteiger partial charge >= 0.3 is 0 Å². The Balaban J connectivity index is 1.68. The summed E-state index contributed by atoms with van der Waals surface area (Å²) in [5.41, 5.74) is 6.19. The number of nitrogens with two attached hydrogens (primary N) is 1. The Hall–Kier alpha value is -1.15. The van der Waals surface area contributed by atoms with Crippen molar-refractivity contribution in [2.75, 3.05) is 52.5 Å². The molecule has 2 N–H and O–H groups in total. The van der Waals surface area contributed by atoms with Gasteiger partial charge in [-0.25, -0.2) is 0 Å². The third-order valence-corrected chi connectivity index (χ3v) is 5.32. The minimum atomic E-state index is 0.270. The Labute approximate surface area is 141 Å². The van der Waals surface area contributed by atoms with Gasteiger partial charge in [0.1, 0.15) is 0 Å². The number of nitrogens with zero attached hydrogens (tertiary/aromatic N) is 3. The molecule has 7 heteroatoms. The summed E-state index contributed by atoms with van der Waals surface area (Å²) >= 11 is 1.79. The highest BCUT2D eigenvalue weighted by atomic mass is 32.1. The standard InChI is InChI=1S/C16H26N4O2S/c1-13-12-20(6-9-22-13)14(15-3-2-10-23-15)11-18-16(17)19-4-7-21-8-5-19/h2-3,10,13-14H,4-9,11-12H2,1H3,(H2,17,18)/t13-,14-/m1/s1. The molecule has 2 fully saturated rings. The molecule has 3 heterocycles. The second-order valence-corrected chi connectivity index (χ2v) is 6.99. The summed E-state index contributed by atoms with van der Waals surface area (Å²) in [6.45, 7) is 8.60. The molecule has 128 valence electrons. The van der Waals surface area contributed by atoms with Crippen LogP contribution in [0.25, 0.3) is 0 Å². The monoisotopic (exact) mass is 338 g/mol. The summed E-state index contributed by atoms with van der Waals surface area (Å²) in [5.74, 6) is 0.635. The van der Waals surface area contributed by atoms with Crippen LogP contribution in [0.5, 0.6) is 0 Å². The molecule has 3 rings (SSSR count). The van der Waals surface area contributed by atoms with E-state index in [4.69, 9.17) is 20.2 Å². The van der Waals surface area contributed by atoms with E-state index in [1.807, 2.05) is 0 Å². The highest BCUT2D eigenvalue weighted by molar-refractivity contribution is 7.10. The van der Waals surface area contributed by atoms with Crippen molar-refractivity contribution >= 4 is 17.3 Å². The van der Waals surface area contributed by atoms with Crippen LogP contribution in [0, 0.1) is 0 Å². The first-order valence-electron chi connectivity index (χ1n) is 8.25. The molecule has 1 aromatic heterocycles. The molecule has 0 radical (unpaired) electrons. The molecule has 0 aliphatic carbocycles. The van der Waals surface area contributed by atoms with Crippen LogP contribution in [0.1, 0.15) is 17.8 Å². The van der Waals surface area contributed by atoms with Crippen molar-refractivity contribution < 1.29 is 9.47 Å². The van der Waals surface area contributed by atoms with E-state index < -0.39 is 0 Å². The normalized spacial score (nSPS) is 25.5. The van der Waals surface area contributed by atoms with E-state index in [-0.39, 0.29) is 12.1 Å². The molecule has 0 unspecified atom stereocenters. The summed E-state index contributed by atoms with van der Waals surface area (Å²) in [6, 6.07) is 4.57. The Morgan fingerprint density at radius 1 is 1.39 bits per heavy atom. The van der Waals surface area contributed by atoms with Gasteiger partial charge in [0.2, 0.25) is 0 Å². The van der Waals surface area contributed by atoms with Crippen molar-refractivity contribution in [1.82, 2.24) is 9.80 Å². The van der Waals surface area contributed by atoms with Gasteiger partial charge in [-0.3, -0.25) is 9.89 Å². The summed E-state index contributed by atoms with van der Waals surface area (Å²) < 4.78 is 11.0. The van der Waals surface area contributed by atoms with Gasteiger partial charge in [-0.1, -0.05) is 6.07 Å². The van der Waals surface area contributed by atoms with Crippen LogP contribution in [0.4, 0.5) is 0 Å². The molecule has 2 saturated heterocycles. The highest BCUT2D eigenvalue weighted by Crippen LogP contribution is 2.27. The number of ether oxygens (including phenoxy) is 2. The lowest BCUT2D eigenvalue weighted by Crippen LogP contribution is -2.46. The fraction of sp³-hybridized carbons (Fsp3) is 0.688. The van der Waals surface area contributed by atoms with Crippen molar-refractivity contribution in [2.45, 2.75) is 19.1 Å². The molecule has 1 aromatic rings. The number of aliphatic imine (C=N–C) groups is 1. The number of morpholine rings is 2. The van der Waals surface area contributed by atoms with E-state index in [0.717, 1.165) is 46.0 Å². The van der Waals surface area contributed by atoms with Gasteiger partial charge in [-0.15, -0.1) is 11.3 Å². The van der Waals surface area contributed by atoms with Gasteiger partial charge in [0.25, 0.3) is 0 Å². The molecule has 2 atom stereocenters. The van der Waals surface area contributed by atoms with E-state index in [9.17, 15) is 0 Å². The van der Waals surface area contributed by atoms with Gasteiger partial charge in [-0.2, -0.15) is 0 Å². The molecule has 0 spiro atoms. The second-order valence-electron chi connectivity index (χ2n) is 6.01. The van der Waals surface area contributed by atoms with Crippen molar-refractivity contribution in [2.24, 2.45) is 10.7 Å². The van der Waals surface area contributed by atoms with Crippen LogP contribution >= 0.6 is 11.3 Å². The molecule has 23 heavy (non-hydrogen) atoms. The first kappa shape index (κ1) is 16.7. The zero-order valence-corrected chi connectivity index (χ0v) is 14.5. The zero-order valence-electron chi connectivity index (χ0n) is 13.7. The zero-order chi connectivity index (χ0) is 16.1. The topological polar surface area (TPSA) is 63.3 Å². The molecule has 0 amide bonds. The van der Waals surface area contributed by atoms with Crippen LogP contribution in [0.2, 0.25) is 0 Å². The van der Waals surface area contributed by atoms with Gasteiger partial charge in [-0.05, 0) is 18.4 Å². The Morgan fingerprint density at radius 3 is 2.91 bits per heavy atom. The van der Waals surface area contributed by atoms with Crippen molar-refractivity contribution in [3.63, 3.8) is 0 Å². The van der Waals surface area contributed by atoms with Gasteiger partial charge < -0.3 is 20.1 Å². The average Bonchev–Trinajstić information content (AvgIpc) is 3.10. The quantitative estimate of drug-likeness (QED) is 0.659. The van der Waals surface area contributed by atoms with Crippen molar-refractivity contribution in [3.8, 4) is 0 Å². The first-order chi connectivity index (χ1) is 11.2. The van der Waals surface area contributed by atoms with Crippen LogP contribution in [0.15, 0.2) is 22.5 Å². The van der Waals surface area contributed by atoms with Crippen LogP contribution in [-0.4, -0.2) is 74.4 Å². The molecule has 2 aliphatic heterocycles. The van der Waals surface area contributed by atoms with Crippen molar-refractivity contribution in [3.05, 3.63) is 22.4 Å². The third-order valence-electron chi connectivity index (χ3n) is 4.35. The Kier molecular flexibility index (Phi) is 5.88. The maximum atomic E-state index is 6.19. The van der Waals surface area contributed by atoms with Gasteiger partial charge in [0, 0.05) is 31.1 Å². The molecule has 6 nitrogen and oxygen atoms in total. The first-order valence-corrected chi connectivity index (χ1v) is 9.13. The number of guanidine groups is 1. The Bertz CT molecular complexity index is 502. The largest absolute Gasteiger partial charge is 0.378 e. The lowest BCUT2D eigenvalue weighted by molar-refractivity contribution is -0.0327. The maximum Gasteiger partial charge on any atom is 0.191 e. The van der Waals surface area contributed by atoms with Crippen LogP contribution < -0.4 is 5.73 Å². The highest BCUT2D eigenvalue weighted by Gasteiger charge is 2.26. The van der Waals surface area contributed by atoms with E-state index in [0.29, 0.717) is 12.5 Å². The Morgan fingerprint density at radius 2 is 2.22 bits per heavy atom. The number of rotatable bonds is 4. The van der Waals surface area contributed by atoms with Crippen molar-refractivity contribution in [1.29, 1.82) is 0 Å². The average molecular weight is 338 g/mol. The molecule has 2 aliphatic rings. The van der Waals surface area contributed by atoms with E-state index >= 15 is 0 Å². The lowest BCUT2D eigenvalue weighted by atomic mass is 10.1. The minimum absolute atomic E-state index is 0.270. The molecular formula is C16H26N4O2S. The number of hydrogen-bond acceptors (Lipinski definition) is 5. The molecular weight excluding hydrogens is 312 g/mol. The summed E-state index contributed by atoms with van der Waals surface area (Å²) in [5, 5.41) is 2.13. The lowest BCUT2D eigenvalue weighted by Gasteiger charge is -2.36. The molecule has 0 bridgehead atoms. The predicted octanol–water partition coefficient (Wildman–Crippen LogP) is 1.16. The number of thiophene rings is 1. The fourth-order valence-electron chi connectivity index (χ4n) is 3.07. The van der Waals surface area contributed by atoms with E-state index in [1.54, 1.807) is 11.3 Å². The molecule has 0 aromatic carbocycles. The van der Waals surface area contributed by atoms with Crippen LogP contribution in [0.3, 0.4) is 0 Å². The van der Waals surface area contributed by atoms with Crippen LogP contribution in [-0.2, 0) is 9.47 Å². The second kappa shape index (κ2) is 8.10. The number of hydrogen-bond donors (Lipinski definition) is 1. The van der Waals surface area contributed by atoms with Gasteiger partial charge in [0.05, 0.1) is 38.5 Å². The third kappa shape index (κ3) is 4.44.